The average molecular weight is 409 g/mol. The molecule has 4 heteroatoms. The third-order valence-corrected chi connectivity index (χ3v) is 5.50. The van der Waals surface area contributed by atoms with E-state index in [0.717, 1.165) is 16.7 Å². The third-order valence-electron chi connectivity index (χ3n) is 5.50. The number of aliphatic imine (C=N–C) groups is 1. The van der Waals surface area contributed by atoms with E-state index in [2.05, 4.69) is 4.99 Å². The lowest BCUT2D eigenvalue weighted by Crippen LogP contribution is -2.38. The van der Waals surface area contributed by atoms with E-state index in [-0.39, 0.29) is 12.2 Å². The Bertz CT molecular complexity index is 1120. The van der Waals surface area contributed by atoms with Gasteiger partial charge in [0.2, 0.25) is 5.90 Å². The number of benzene rings is 3. The van der Waals surface area contributed by atoms with Gasteiger partial charge >= 0.3 is 5.97 Å². The maximum Gasteiger partial charge on any atom is 0.341 e. The molecule has 31 heavy (non-hydrogen) atoms. The number of rotatable bonds is 7. The lowest BCUT2D eigenvalue weighted by molar-refractivity contribution is -0.139. The highest BCUT2D eigenvalue weighted by molar-refractivity contribution is 6.08. The summed E-state index contributed by atoms with van der Waals surface area (Å²) < 4.78 is 5.56. The number of allylic oxidation sites excluding steroid dienone is 1. The van der Waals surface area contributed by atoms with Crippen LogP contribution in [0.4, 0.5) is 0 Å². The molecule has 1 aliphatic rings. The smallest absolute Gasteiger partial charge is 0.341 e. The van der Waals surface area contributed by atoms with Gasteiger partial charge in [-0.15, -0.1) is 0 Å². The Kier molecular flexibility index (Phi) is 5.89. The molecule has 0 fully saturated rings. The predicted octanol–water partition coefficient (Wildman–Crippen LogP) is 5.21. The number of carbonyl (C=O) groups excluding carboxylic acids is 2. The highest BCUT2D eigenvalue weighted by Gasteiger charge is 2.49. The van der Waals surface area contributed by atoms with Crippen LogP contribution in [0.3, 0.4) is 0 Å². The average Bonchev–Trinajstić information content (AvgIpc) is 3.13. The minimum Gasteiger partial charge on any atom is -0.405 e. The van der Waals surface area contributed by atoms with Gasteiger partial charge in [-0.25, -0.2) is 9.79 Å². The molecule has 154 valence electrons. The van der Waals surface area contributed by atoms with Crippen LogP contribution in [0.2, 0.25) is 0 Å². The summed E-state index contributed by atoms with van der Waals surface area (Å²) in [5.74, 6) is -0.674. The number of ketones is 1. The fraction of sp³-hybridized carbons (Fsp3) is 0.148. The largest absolute Gasteiger partial charge is 0.405 e. The van der Waals surface area contributed by atoms with E-state index in [1.54, 1.807) is 19.1 Å². The van der Waals surface area contributed by atoms with Crippen molar-refractivity contribution in [1.82, 2.24) is 0 Å². The molecule has 0 unspecified atom stereocenters. The molecule has 0 saturated carbocycles. The maximum absolute atomic E-state index is 13.0. The number of hydrogen-bond donors (Lipinski definition) is 0. The zero-order valence-electron chi connectivity index (χ0n) is 17.3. The summed E-state index contributed by atoms with van der Waals surface area (Å²) in [6.45, 7) is 1.75. The first-order valence-corrected chi connectivity index (χ1v) is 10.2. The molecular formula is C27H23NO3. The zero-order valence-corrected chi connectivity index (χ0v) is 17.3. The molecule has 1 heterocycles. The molecule has 0 spiro atoms. The van der Waals surface area contributed by atoms with Gasteiger partial charge in [0.15, 0.2) is 11.3 Å². The summed E-state index contributed by atoms with van der Waals surface area (Å²) in [7, 11) is 0. The molecule has 0 aromatic heterocycles. The number of ether oxygens (including phenoxy) is 1. The molecular weight excluding hydrogens is 386 g/mol. The van der Waals surface area contributed by atoms with Crippen molar-refractivity contribution in [3.8, 4) is 0 Å². The van der Waals surface area contributed by atoms with Crippen molar-refractivity contribution >= 4 is 23.7 Å². The van der Waals surface area contributed by atoms with Crippen LogP contribution in [0.25, 0.3) is 6.08 Å². The van der Waals surface area contributed by atoms with E-state index in [4.69, 9.17) is 4.74 Å². The van der Waals surface area contributed by atoms with E-state index in [1.807, 2.05) is 91.0 Å². The molecule has 0 radical (unpaired) electrons. The van der Waals surface area contributed by atoms with Gasteiger partial charge in [-0.2, -0.15) is 0 Å². The standard InChI is InChI=1S/C27H23NO3/c1-27(26(30)31-25(28-27)22-15-9-4-10-16-22)24(21-13-7-3-8-14-21)19-23(29)18-17-20-11-5-2-6-12-20/h2-18,24H,19H2,1H3/b18-17+/t24-,27-/m1/s1. The Morgan fingerprint density at radius 2 is 1.52 bits per heavy atom. The topological polar surface area (TPSA) is 55.7 Å². The first-order valence-electron chi connectivity index (χ1n) is 10.2. The molecule has 0 bridgehead atoms. The van der Waals surface area contributed by atoms with Crippen molar-refractivity contribution in [2.24, 2.45) is 4.99 Å². The highest BCUT2D eigenvalue weighted by Crippen LogP contribution is 2.39. The van der Waals surface area contributed by atoms with Crippen LogP contribution in [-0.2, 0) is 14.3 Å². The van der Waals surface area contributed by atoms with Gasteiger partial charge in [-0.3, -0.25) is 4.79 Å². The van der Waals surface area contributed by atoms with E-state index in [0.29, 0.717) is 5.90 Å². The summed E-state index contributed by atoms with van der Waals surface area (Å²) >= 11 is 0. The quantitative estimate of drug-likeness (QED) is 0.398. The number of nitrogens with zero attached hydrogens (tertiary/aromatic N) is 1. The Balaban J connectivity index is 1.65. The lowest BCUT2D eigenvalue weighted by Gasteiger charge is -2.27. The van der Waals surface area contributed by atoms with Gasteiger partial charge in [0.1, 0.15) is 0 Å². The van der Waals surface area contributed by atoms with Gasteiger partial charge in [-0.05, 0) is 36.3 Å². The van der Waals surface area contributed by atoms with Gasteiger partial charge in [0.05, 0.1) is 0 Å². The maximum atomic E-state index is 13.0. The van der Waals surface area contributed by atoms with E-state index in [9.17, 15) is 9.59 Å². The molecule has 3 aromatic rings. The molecule has 4 rings (SSSR count). The van der Waals surface area contributed by atoms with Crippen molar-refractivity contribution in [1.29, 1.82) is 0 Å². The van der Waals surface area contributed by atoms with Crippen LogP contribution in [0, 0.1) is 0 Å². The number of carbonyl (C=O) groups is 2. The molecule has 2 atom stereocenters. The molecule has 0 N–H and O–H groups in total. The van der Waals surface area contributed by atoms with Crippen molar-refractivity contribution in [3.63, 3.8) is 0 Å². The lowest BCUT2D eigenvalue weighted by atomic mass is 9.78. The Labute approximate surface area is 181 Å². The van der Waals surface area contributed by atoms with E-state index < -0.39 is 17.4 Å². The molecule has 0 amide bonds. The summed E-state index contributed by atoms with van der Waals surface area (Å²) in [5.41, 5.74) is 1.37. The molecule has 0 saturated heterocycles. The van der Waals surface area contributed by atoms with Gasteiger partial charge in [0, 0.05) is 17.9 Å². The normalized spacial score (nSPS) is 19.1. The zero-order chi connectivity index (χ0) is 21.7. The third kappa shape index (κ3) is 4.53. The second-order valence-corrected chi connectivity index (χ2v) is 7.70. The summed E-state index contributed by atoms with van der Waals surface area (Å²) in [6.07, 6.45) is 3.50. The Morgan fingerprint density at radius 1 is 0.935 bits per heavy atom. The predicted molar refractivity (Wildman–Crippen MR) is 122 cm³/mol. The van der Waals surface area contributed by atoms with Crippen molar-refractivity contribution in [3.05, 3.63) is 114 Å². The fourth-order valence-corrected chi connectivity index (χ4v) is 3.74. The Hall–Kier alpha value is -3.79. The molecule has 1 aliphatic heterocycles. The minimum absolute atomic E-state index is 0.0740. The van der Waals surface area contributed by atoms with Crippen molar-refractivity contribution < 1.29 is 14.3 Å². The van der Waals surface area contributed by atoms with Crippen molar-refractivity contribution in [2.75, 3.05) is 0 Å². The van der Waals surface area contributed by atoms with Gasteiger partial charge in [-0.1, -0.05) is 84.9 Å². The number of hydrogen-bond acceptors (Lipinski definition) is 4. The first-order chi connectivity index (χ1) is 15.1. The SMILES string of the molecule is C[C@]1([C@H](CC(=O)/C=C/c2ccccc2)c2ccccc2)N=C(c2ccccc2)OC1=O. The summed E-state index contributed by atoms with van der Waals surface area (Å²) in [6, 6.07) is 28.5. The summed E-state index contributed by atoms with van der Waals surface area (Å²) in [5, 5.41) is 0. The van der Waals surface area contributed by atoms with Gasteiger partial charge in [0.25, 0.3) is 0 Å². The fourth-order valence-electron chi connectivity index (χ4n) is 3.74. The minimum atomic E-state index is -1.19. The second kappa shape index (κ2) is 8.92. The van der Waals surface area contributed by atoms with Gasteiger partial charge < -0.3 is 4.74 Å². The monoisotopic (exact) mass is 409 g/mol. The number of cyclic esters (lactones) is 1. The van der Waals surface area contributed by atoms with Crippen LogP contribution < -0.4 is 0 Å². The van der Waals surface area contributed by atoms with Crippen LogP contribution in [0.15, 0.2) is 102 Å². The van der Waals surface area contributed by atoms with Crippen LogP contribution in [-0.4, -0.2) is 23.2 Å². The first kappa shape index (κ1) is 20.5. The number of esters is 1. The van der Waals surface area contributed by atoms with E-state index >= 15 is 0 Å². The summed E-state index contributed by atoms with van der Waals surface area (Å²) in [4.78, 5) is 30.5. The molecule has 0 aliphatic carbocycles. The van der Waals surface area contributed by atoms with Crippen molar-refractivity contribution in [2.45, 2.75) is 24.8 Å². The van der Waals surface area contributed by atoms with Crippen LogP contribution >= 0.6 is 0 Å². The highest BCUT2D eigenvalue weighted by atomic mass is 16.6. The molecule has 3 aromatic carbocycles. The second-order valence-electron chi connectivity index (χ2n) is 7.70. The van der Waals surface area contributed by atoms with Crippen LogP contribution in [0.1, 0.15) is 36.0 Å². The molecule has 4 nitrogen and oxygen atoms in total. The van der Waals surface area contributed by atoms with Crippen LogP contribution in [0.5, 0.6) is 0 Å². The van der Waals surface area contributed by atoms with E-state index in [1.165, 1.54) is 0 Å². The Morgan fingerprint density at radius 3 is 2.16 bits per heavy atom.